The summed E-state index contributed by atoms with van der Waals surface area (Å²) < 4.78 is 53.4. The fraction of sp³-hybridized carbons (Fsp3) is 0.400. The second-order valence-corrected chi connectivity index (χ2v) is 11.4. The number of carbonyl (C=O) groups is 1. The Labute approximate surface area is 183 Å². The molecular formula is C20H26N4O5S2. The zero-order chi connectivity index (χ0) is 22.6. The van der Waals surface area contributed by atoms with Crippen LogP contribution in [0.3, 0.4) is 0 Å². The number of amides is 1. The molecule has 0 radical (unpaired) electrons. The highest BCUT2D eigenvalue weighted by Gasteiger charge is 2.28. The van der Waals surface area contributed by atoms with Gasteiger partial charge in [0.2, 0.25) is 26.0 Å². The summed E-state index contributed by atoms with van der Waals surface area (Å²) in [7, 11) is -6.34. The van der Waals surface area contributed by atoms with Crippen LogP contribution in [0.5, 0.6) is 0 Å². The number of benzene rings is 1. The Morgan fingerprint density at radius 3 is 2.19 bits per heavy atom. The van der Waals surface area contributed by atoms with Gasteiger partial charge in [-0.25, -0.2) is 21.8 Å². The average molecular weight is 467 g/mol. The maximum Gasteiger partial charge on any atom is 0.243 e. The van der Waals surface area contributed by atoms with Crippen LogP contribution < -0.4 is 5.32 Å². The van der Waals surface area contributed by atoms with Gasteiger partial charge in [0, 0.05) is 26.3 Å². The second kappa shape index (κ2) is 9.43. The minimum absolute atomic E-state index is 0.0548. The fourth-order valence-corrected chi connectivity index (χ4v) is 5.87. The van der Waals surface area contributed by atoms with Crippen LogP contribution in [0.25, 0.3) is 0 Å². The van der Waals surface area contributed by atoms with Gasteiger partial charge in [-0.1, -0.05) is 12.5 Å². The number of nitrogens with one attached hydrogen (secondary N) is 1. The summed E-state index contributed by atoms with van der Waals surface area (Å²) in [6, 6.07) is 8.50. The number of pyridine rings is 1. The Bertz CT molecular complexity index is 1130. The number of anilines is 1. The van der Waals surface area contributed by atoms with E-state index in [2.05, 4.69) is 10.3 Å². The van der Waals surface area contributed by atoms with E-state index >= 15 is 0 Å². The van der Waals surface area contributed by atoms with Crippen molar-refractivity contribution in [2.75, 3.05) is 32.0 Å². The molecule has 0 aliphatic carbocycles. The quantitative estimate of drug-likeness (QED) is 0.665. The SMILES string of the molecule is Cc1ccc(NC(=O)CN(C)S(=O)(=O)c2ccc(S(=O)(=O)N3CCCCC3)cc2)nc1. The van der Waals surface area contributed by atoms with Crippen LogP contribution in [-0.4, -0.2) is 63.0 Å². The first-order chi connectivity index (χ1) is 14.6. The minimum Gasteiger partial charge on any atom is -0.310 e. The third-order valence-electron chi connectivity index (χ3n) is 5.03. The summed E-state index contributed by atoms with van der Waals surface area (Å²) in [6.45, 7) is 2.39. The molecule has 31 heavy (non-hydrogen) atoms. The number of likely N-dealkylation sites (N-methyl/N-ethyl adjacent to an activating group) is 1. The van der Waals surface area contributed by atoms with Crippen molar-refractivity contribution in [3.8, 4) is 0 Å². The number of hydrogen-bond acceptors (Lipinski definition) is 6. The standard InChI is InChI=1S/C20H26N4O5S2/c1-16-6-11-19(21-14-16)22-20(25)15-23(2)30(26,27)17-7-9-18(10-8-17)31(28,29)24-12-4-3-5-13-24/h6-11,14H,3-5,12-13,15H2,1-2H3,(H,21,22,25). The first kappa shape index (κ1) is 23.3. The molecule has 0 saturated carbocycles. The molecule has 0 atom stereocenters. The van der Waals surface area contributed by atoms with Crippen molar-refractivity contribution in [3.63, 3.8) is 0 Å². The number of piperidine rings is 1. The molecular weight excluding hydrogens is 440 g/mol. The molecule has 2 heterocycles. The van der Waals surface area contributed by atoms with Gasteiger partial charge < -0.3 is 5.32 Å². The van der Waals surface area contributed by atoms with E-state index in [1.165, 1.54) is 35.6 Å². The highest BCUT2D eigenvalue weighted by atomic mass is 32.2. The monoisotopic (exact) mass is 466 g/mol. The lowest BCUT2D eigenvalue weighted by Gasteiger charge is -2.26. The lowest BCUT2D eigenvalue weighted by atomic mass is 10.2. The summed E-state index contributed by atoms with van der Waals surface area (Å²) in [5.41, 5.74) is 0.934. The van der Waals surface area contributed by atoms with Gasteiger partial charge in [0.25, 0.3) is 0 Å². The molecule has 0 bridgehead atoms. The van der Waals surface area contributed by atoms with Crippen molar-refractivity contribution in [1.82, 2.24) is 13.6 Å². The molecule has 11 heteroatoms. The fourth-order valence-electron chi connectivity index (χ4n) is 3.23. The predicted molar refractivity (Wildman–Crippen MR) is 116 cm³/mol. The van der Waals surface area contributed by atoms with Crippen molar-refractivity contribution in [2.45, 2.75) is 36.0 Å². The summed E-state index contributed by atoms with van der Waals surface area (Å²) in [4.78, 5) is 16.2. The smallest absolute Gasteiger partial charge is 0.243 e. The molecule has 1 amide bonds. The van der Waals surface area contributed by atoms with Crippen LogP contribution in [0.2, 0.25) is 0 Å². The Balaban J connectivity index is 1.69. The minimum atomic E-state index is -3.98. The Hall–Kier alpha value is -2.34. The van der Waals surface area contributed by atoms with Gasteiger partial charge in [0.15, 0.2) is 0 Å². The van der Waals surface area contributed by atoms with Crippen molar-refractivity contribution in [3.05, 3.63) is 48.2 Å². The maximum absolute atomic E-state index is 12.8. The van der Waals surface area contributed by atoms with Crippen LogP contribution in [-0.2, 0) is 24.8 Å². The molecule has 1 saturated heterocycles. The Kier molecular flexibility index (Phi) is 7.10. The van der Waals surface area contributed by atoms with Crippen molar-refractivity contribution < 1.29 is 21.6 Å². The van der Waals surface area contributed by atoms with E-state index in [4.69, 9.17) is 0 Å². The van der Waals surface area contributed by atoms with Crippen molar-refractivity contribution in [2.24, 2.45) is 0 Å². The van der Waals surface area contributed by atoms with E-state index in [1.807, 2.05) is 6.92 Å². The average Bonchev–Trinajstić information content (AvgIpc) is 2.76. The predicted octanol–water partition coefficient (Wildman–Crippen LogP) is 1.82. The molecule has 9 nitrogen and oxygen atoms in total. The summed E-state index contributed by atoms with van der Waals surface area (Å²) in [6.07, 6.45) is 4.23. The van der Waals surface area contributed by atoms with Gasteiger partial charge in [-0.05, 0) is 55.7 Å². The van der Waals surface area contributed by atoms with E-state index in [0.29, 0.717) is 18.9 Å². The van der Waals surface area contributed by atoms with Crippen LogP contribution >= 0.6 is 0 Å². The van der Waals surface area contributed by atoms with E-state index in [1.54, 1.807) is 18.3 Å². The molecule has 1 N–H and O–H groups in total. The van der Waals surface area contributed by atoms with Crippen molar-refractivity contribution >= 4 is 31.8 Å². The Morgan fingerprint density at radius 1 is 1.00 bits per heavy atom. The lowest BCUT2D eigenvalue weighted by Crippen LogP contribution is -2.36. The highest BCUT2D eigenvalue weighted by molar-refractivity contribution is 7.89. The molecule has 1 fully saturated rings. The zero-order valence-electron chi connectivity index (χ0n) is 17.5. The van der Waals surface area contributed by atoms with Gasteiger partial charge in [-0.15, -0.1) is 0 Å². The Morgan fingerprint density at radius 2 is 1.61 bits per heavy atom. The van der Waals surface area contributed by atoms with Crippen LogP contribution in [0.15, 0.2) is 52.4 Å². The molecule has 2 aromatic rings. The van der Waals surface area contributed by atoms with E-state index in [0.717, 1.165) is 29.1 Å². The van der Waals surface area contributed by atoms with Gasteiger partial charge >= 0.3 is 0 Å². The molecule has 168 valence electrons. The number of aryl methyl sites for hydroxylation is 1. The third kappa shape index (κ3) is 5.48. The van der Waals surface area contributed by atoms with E-state index < -0.39 is 32.5 Å². The number of carbonyl (C=O) groups excluding carboxylic acids is 1. The normalized spacial score (nSPS) is 15.7. The van der Waals surface area contributed by atoms with Gasteiger partial charge in [-0.3, -0.25) is 4.79 Å². The molecule has 1 aromatic heterocycles. The number of hydrogen-bond donors (Lipinski definition) is 1. The maximum atomic E-state index is 12.8. The van der Waals surface area contributed by atoms with Gasteiger partial charge in [0.1, 0.15) is 5.82 Å². The molecule has 1 aliphatic rings. The number of sulfonamides is 2. The third-order valence-corrected chi connectivity index (χ3v) is 8.76. The molecule has 0 spiro atoms. The molecule has 1 aliphatic heterocycles. The largest absolute Gasteiger partial charge is 0.310 e. The van der Waals surface area contributed by atoms with Gasteiger partial charge in [0.05, 0.1) is 16.3 Å². The number of nitrogens with zero attached hydrogens (tertiary/aromatic N) is 3. The number of aromatic nitrogens is 1. The molecule has 1 aromatic carbocycles. The summed E-state index contributed by atoms with van der Waals surface area (Å²) >= 11 is 0. The summed E-state index contributed by atoms with van der Waals surface area (Å²) in [5, 5.41) is 2.55. The van der Waals surface area contributed by atoms with E-state index in [9.17, 15) is 21.6 Å². The highest BCUT2D eigenvalue weighted by Crippen LogP contribution is 2.23. The lowest BCUT2D eigenvalue weighted by molar-refractivity contribution is -0.116. The van der Waals surface area contributed by atoms with Gasteiger partial charge in [-0.2, -0.15) is 8.61 Å². The van der Waals surface area contributed by atoms with Crippen LogP contribution in [0, 0.1) is 6.92 Å². The first-order valence-corrected chi connectivity index (χ1v) is 12.8. The zero-order valence-corrected chi connectivity index (χ0v) is 19.1. The van der Waals surface area contributed by atoms with Crippen LogP contribution in [0.4, 0.5) is 5.82 Å². The first-order valence-electron chi connectivity index (χ1n) is 9.90. The van der Waals surface area contributed by atoms with E-state index in [-0.39, 0.29) is 9.79 Å². The van der Waals surface area contributed by atoms with Crippen molar-refractivity contribution in [1.29, 1.82) is 0 Å². The topological polar surface area (TPSA) is 117 Å². The van der Waals surface area contributed by atoms with Crippen LogP contribution in [0.1, 0.15) is 24.8 Å². The number of rotatable bonds is 7. The second-order valence-electron chi connectivity index (χ2n) is 7.47. The molecule has 3 rings (SSSR count). The molecule has 0 unspecified atom stereocenters. The summed E-state index contributed by atoms with van der Waals surface area (Å²) in [5.74, 6) is -0.208.